The molecule has 0 spiro atoms. The third-order valence-electron chi connectivity index (χ3n) is 2.13. The van der Waals surface area contributed by atoms with Crippen LogP contribution in [0.15, 0.2) is 29.4 Å². The first-order valence-electron chi connectivity index (χ1n) is 5.06. The predicted octanol–water partition coefficient (Wildman–Crippen LogP) is 1.07. The average Bonchev–Trinajstić information content (AvgIpc) is 2.31. The summed E-state index contributed by atoms with van der Waals surface area (Å²) in [5.74, 6) is 0.148. The summed E-state index contributed by atoms with van der Waals surface area (Å²) in [7, 11) is 3.34. The third-order valence-corrected chi connectivity index (χ3v) is 2.13. The van der Waals surface area contributed by atoms with E-state index < -0.39 is 0 Å². The zero-order chi connectivity index (χ0) is 12.8. The van der Waals surface area contributed by atoms with Crippen LogP contribution >= 0.6 is 0 Å². The number of hydrogen-bond acceptors (Lipinski definition) is 3. The van der Waals surface area contributed by atoms with Crippen molar-refractivity contribution in [3.63, 3.8) is 0 Å². The minimum absolute atomic E-state index is 0.148. The molecule has 0 fully saturated rings. The Kier molecular flexibility index (Phi) is 4.33. The van der Waals surface area contributed by atoms with E-state index in [1.165, 1.54) is 4.90 Å². The van der Waals surface area contributed by atoms with Crippen molar-refractivity contribution >= 4 is 17.6 Å². The molecule has 1 rings (SSSR count). The maximum atomic E-state index is 11.4. The molecule has 1 aromatic carbocycles. The molecule has 0 aliphatic heterocycles. The largest absolute Gasteiger partial charge is 0.409 e. The van der Waals surface area contributed by atoms with Crippen LogP contribution in [0.5, 0.6) is 0 Å². The van der Waals surface area contributed by atoms with E-state index in [2.05, 4.69) is 10.5 Å². The number of nitrogens with two attached hydrogens (primary N) is 1. The molecule has 6 heteroatoms. The van der Waals surface area contributed by atoms with Gasteiger partial charge in [0.1, 0.15) is 5.84 Å². The minimum Gasteiger partial charge on any atom is -0.409 e. The highest BCUT2D eigenvalue weighted by molar-refractivity contribution is 5.89. The van der Waals surface area contributed by atoms with Gasteiger partial charge in [0.25, 0.3) is 0 Å². The zero-order valence-corrected chi connectivity index (χ0v) is 9.84. The van der Waals surface area contributed by atoms with Gasteiger partial charge in [-0.1, -0.05) is 17.3 Å². The van der Waals surface area contributed by atoms with E-state index in [0.29, 0.717) is 12.1 Å². The molecule has 2 amide bonds. The molecule has 0 saturated carbocycles. The number of nitrogens with one attached hydrogen (secondary N) is 1. The lowest BCUT2D eigenvalue weighted by molar-refractivity contribution is 0.230. The molecule has 0 aliphatic carbocycles. The molecule has 0 saturated heterocycles. The highest BCUT2D eigenvalue weighted by atomic mass is 16.4. The Morgan fingerprint density at radius 1 is 1.41 bits per heavy atom. The Morgan fingerprint density at radius 2 is 2.00 bits per heavy atom. The molecule has 6 nitrogen and oxygen atoms in total. The fourth-order valence-electron chi connectivity index (χ4n) is 1.19. The maximum absolute atomic E-state index is 11.4. The van der Waals surface area contributed by atoms with Gasteiger partial charge in [-0.25, -0.2) is 4.79 Å². The summed E-state index contributed by atoms with van der Waals surface area (Å²) in [5.41, 5.74) is 6.99. The summed E-state index contributed by atoms with van der Waals surface area (Å²) in [6.07, 6.45) is 0.373. The Bertz CT molecular complexity index is 412. The first-order valence-corrected chi connectivity index (χ1v) is 5.06. The highest BCUT2D eigenvalue weighted by Gasteiger charge is 2.03. The fraction of sp³-hybridized carbons (Fsp3) is 0.273. The molecular weight excluding hydrogens is 220 g/mol. The van der Waals surface area contributed by atoms with Gasteiger partial charge in [-0.3, -0.25) is 0 Å². The van der Waals surface area contributed by atoms with E-state index in [1.807, 2.05) is 12.1 Å². The standard InChI is InChI=1S/C11H16N4O2/c1-15(2)11(16)13-9-5-3-8(4-6-9)7-10(12)14-17/h3-6,17H,7H2,1-2H3,(H2,12,14)(H,13,16). The van der Waals surface area contributed by atoms with Crippen molar-refractivity contribution < 1.29 is 10.0 Å². The van der Waals surface area contributed by atoms with Gasteiger partial charge >= 0.3 is 6.03 Å². The first-order chi connectivity index (χ1) is 8.02. The van der Waals surface area contributed by atoms with Gasteiger partial charge in [0.15, 0.2) is 0 Å². The average molecular weight is 236 g/mol. The van der Waals surface area contributed by atoms with Crippen molar-refractivity contribution in [3.8, 4) is 0 Å². The number of nitrogens with zero attached hydrogens (tertiary/aromatic N) is 2. The number of amides is 2. The number of carbonyl (C=O) groups excluding carboxylic acids is 1. The molecule has 1 aromatic rings. The van der Waals surface area contributed by atoms with E-state index in [-0.39, 0.29) is 11.9 Å². The molecule has 0 unspecified atom stereocenters. The number of urea groups is 1. The SMILES string of the molecule is CN(C)C(=O)Nc1ccc(CC(N)=NO)cc1. The molecule has 0 aliphatic rings. The summed E-state index contributed by atoms with van der Waals surface area (Å²) >= 11 is 0. The van der Waals surface area contributed by atoms with E-state index in [1.54, 1.807) is 26.2 Å². The van der Waals surface area contributed by atoms with Crippen LogP contribution in [-0.2, 0) is 6.42 Å². The molecule has 4 N–H and O–H groups in total. The zero-order valence-electron chi connectivity index (χ0n) is 9.84. The smallest absolute Gasteiger partial charge is 0.321 e. The predicted molar refractivity (Wildman–Crippen MR) is 66.3 cm³/mol. The first kappa shape index (κ1) is 12.8. The van der Waals surface area contributed by atoms with E-state index >= 15 is 0 Å². The summed E-state index contributed by atoms with van der Waals surface area (Å²) < 4.78 is 0. The monoisotopic (exact) mass is 236 g/mol. The van der Waals surface area contributed by atoms with Crippen molar-refractivity contribution in [2.45, 2.75) is 6.42 Å². The van der Waals surface area contributed by atoms with E-state index in [0.717, 1.165) is 5.56 Å². The summed E-state index contributed by atoms with van der Waals surface area (Å²) in [4.78, 5) is 12.8. The van der Waals surface area contributed by atoms with Gasteiger partial charge in [-0.15, -0.1) is 0 Å². The van der Waals surface area contributed by atoms with Crippen LogP contribution in [-0.4, -0.2) is 36.1 Å². The van der Waals surface area contributed by atoms with Crippen molar-refractivity contribution in [3.05, 3.63) is 29.8 Å². The highest BCUT2D eigenvalue weighted by Crippen LogP contribution is 2.10. The van der Waals surface area contributed by atoms with Crippen molar-refractivity contribution in [2.24, 2.45) is 10.9 Å². The van der Waals surface area contributed by atoms with Gasteiger partial charge in [0.05, 0.1) is 0 Å². The van der Waals surface area contributed by atoms with Crippen LogP contribution in [0.3, 0.4) is 0 Å². The fourth-order valence-corrected chi connectivity index (χ4v) is 1.19. The van der Waals surface area contributed by atoms with Gasteiger partial charge in [0.2, 0.25) is 0 Å². The van der Waals surface area contributed by atoms with Crippen LogP contribution in [0.1, 0.15) is 5.56 Å². The lowest BCUT2D eigenvalue weighted by Crippen LogP contribution is -2.27. The van der Waals surface area contributed by atoms with E-state index in [4.69, 9.17) is 10.9 Å². The van der Waals surface area contributed by atoms with Gasteiger partial charge in [-0.2, -0.15) is 0 Å². The van der Waals surface area contributed by atoms with Crippen molar-refractivity contribution in [1.82, 2.24) is 4.90 Å². The number of carbonyl (C=O) groups is 1. The van der Waals surface area contributed by atoms with Crippen LogP contribution < -0.4 is 11.1 Å². The number of oxime groups is 1. The lowest BCUT2D eigenvalue weighted by atomic mass is 10.1. The van der Waals surface area contributed by atoms with Crippen molar-refractivity contribution in [2.75, 3.05) is 19.4 Å². The Hall–Kier alpha value is -2.24. The van der Waals surface area contributed by atoms with Gasteiger partial charge < -0.3 is 21.2 Å². The Morgan fingerprint density at radius 3 is 2.47 bits per heavy atom. The number of amidine groups is 1. The molecule has 0 atom stereocenters. The minimum atomic E-state index is -0.186. The van der Waals surface area contributed by atoms with Gasteiger partial charge in [0, 0.05) is 26.2 Å². The van der Waals surface area contributed by atoms with Crippen molar-refractivity contribution in [1.29, 1.82) is 0 Å². The number of anilines is 1. The number of benzene rings is 1. The van der Waals surface area contributed by atoms with Crippen LogP contribution in [0.4, 0.5) is 10.5 Å². The molecule has 0 heterocycles. The lowest BCUT2D eigenvalue weighted by Gasteiger charge is -2.12. The summed E-state index contributed by atoms with van der Waals surface area (Å²) in [6, 6.07) is 6.96. The number of hydrogen-bond donors (Lipinski definition) is 3. The normalized spacial score (nSPS) is 11.1. The van der Waals surface area contributed by atoms with Crippen LogP contribution in [0.2, 0.25) is 0 Å². The quantitative estimate of drug-likeness (QED) is 0.317. The second kappa shape index (κ2) is 5.74. The second-order valence-corrected chi connectivity index (χ2v) is 3.79. The second-order valence-electron chi connectivity index (χ2n) is 3.79. The molecular formula is C11H16N4O2. The number of rotatable bonds is 3. The van der Waals surface area contributed by atoms with E-state index in [9.17, 15) is 4.79 Å². The maximum Gasteiger partial charge on any atom is 0.321 e. The summed E-state index contributed by atoms with van der Waals surface area (Å²) in [5, 5.41) is 14.0. The molecule has 17 heavy (non-hydrogen) atoms. The molecule has 92 valence electrons. The molecule has 0 bridgehead atoms. The van der Waals surface area contributed by atoms with Crippen LogP contribution in [0, 0.1) is 0 Å². The topological polar surface area (TPSA) is 91.0 Å². The third kappa shape index (κ3) is 4.02. The summed E-state index contributed by atoms with van der Waals surface area (Å²) in [6.45, 7) is 0. The Labute approximate surface area is 99.7 Å². The van der Waals surface area contributed by atoms with Crippen LogP contribution in [0.25, 0.3) is 0 Å². The molecule has 0 radical (unpaired) electrons. The molecule has 0 aromatic heterocycles. The van der Waals surface area contributed by atoms with Gasteiger partial charge in [-0.05, 0) is 17.7 Å². The Balaban J connectivity index is 2.65.